The number of nitriles is 2. The molecule has 272 valence electrons. The molecule has 0 bridgehead atoms. The molecule has 58 heavy (non-hydrogen) atoms. The first kappa shape index (κ1) is 34.7. The third-order valence-electron chi connectivity index (χ3n) is 11.8. The Bertz CT molecular complexity index is 3430. The van der Waals surface area contributed by atoms with Crippen LogP contribution >= 0.6 is 0 Å². The van der Waals surface area contributed by atoms with Crippen molar-refractivity contribution < 1.29 is 13.2 Å². The van der Waals surface area contributed by atoms with Crippen LogP contribution in [0.3, 0.4) is 0 Å². The third kappa shape index (κ3) is 5.18. The van der Waals surface area contributed by atoms with E-state index in [4.69, 9.17) is 6.57 Å². The maximum atomic E-state index is 13.5. The normalized spacial score (nSPS) is 11.8. The summed E-state index contributed by atoms with van der Waals surface area (Å²) in [6, 6.07) is 46.4. The molecule has 1 aliphatic carbocycles. The Morgan fingerprint density at radius 2 is 0.983 bits per heavy atom. The number of aryl methyl sites for hydroxylation is 2. The third-order valence-corrected chi connectivity index (χ3v) is 11.8. The van der Waals surface area contributed by atoms with Gasteiger partial charge in [0.25, 0.3) is 0 Å². The summed E-state index contributed by atoms with van der Waals surface area (Å²) in [6.45, 7) is 11.9. The van der Waals surface area contributed by atoms with E-state index in [1.165, 1.54) is 0 Å². The molecule has 1 aliphatic rings. The Kier molecular flexibility index (Phi) is 7.58. The number of hydrogen-bond acceptors (Lipinski definition) is 2. The van der Waals surface area contributed by atoms with E-state index in [1.54, 1.807) is 12.1 Å². The molecule has 0 saturated carbocycles. The van der Waals surface area contributed by atoms with E-state index < -0.39 is 11.7 Å². The van der Waals surface area contributed by atoms with E-state index >= 15 is 0 Å². The topological polar surface area (TPSA) is 51.9 Å². The van der Waals surface area contributed by atoms with Crippen molar-refractivity contribution in [1.29, 1.82) is 10.5 Å². The smallest absolute Gasteiger partial charge is 0.238 e. The minimum atomic E-state index is -4.42. The molecular weight excluding hydrogens is 724 g/mol. The van der Waals surface area contributed by atoms with Crippen LogP contribution in [0.1, 0.15) is 27.8 Å². The lowest BCUT2D eigenvalue weighted by atomic mass is 9.84. The number of halogens is 3. The van der Waals surface area contributed by atoms with Crippen LogP contribution in [0.2, 0.25) is 0 Å². The Morgan fingerprint density at radius 1 is 0.466 bits per heavy atom. The number of fused-ring (bicyclic) bond motifs is 8. The zero-order chi connectivity index (χ0) is 40.0. The summed E-state index contributed by atoms with van der Waals surface area (Å²) < 4.78 is 40.4. The Morgan fingerprint density at radius 3 is 1.57 bits per heavy atom. The summed E-state index contributed by atoms with van der Waals surface area (Å²) >= 11 is 0. The molecule has 0 aliphatic heterocycles. The van der Waals surface area contributed by atoms with Crippen LogP contribution in [0.25, 0.3) is 104 Å². The van der Waals surface area contributed by atoms with Gasteiger partial charge in [-0.2, -0.15) is 23.7 Å². The molecule has 0 saturated heterocycles. The second kappa shape index (κ2) is 12.7. The lowest BCUT2D eigenvalue weighted by molar-refractivity contribution is -0.137. The van der Waals surface area contributed by atoms with Gasteiger partial charge in [-0.1, -0.05) is 66.7 Å². The van der Waals surface area contributed by atoms with Gasteiger partial charge in [-0.15, -0.1) is 0 Å². The molecule has 0 unspecified atom stereocenters. The monoisotopic (exact) mass is 751 g/mol. The average Bonchev–Trinajstić information content (AvgIpc) is 3.55. The van der Waals surface area contributed by atoms with Crippen molar-refractivity contribution in [3.63, 3.8) is 0 Å². The zero-order valence-corrected chi connectivity index (χ0v) is 31.2. The molecule has 9 aromatic carbocycles. The van der Waals surface area contributed by atoms with E-state index in [2.05, 4.69) is 53.4 Å². The predicted octanol–water partition coefficient (Wildman–Crippen LogP) is 14.9. The number of alkyl halides is 3. The van der Waals surface area contributed by atoms with Gasteiger partial charge in [-0.3, -0.25) is 0 Å². The highest BCUT2D eigenvalue weighted by Gasteiger charge is 2.30. The van der Waals surface area contributed by atoms with Gasteiger partial charge >= 0.3 is 6.18 Å². The Hall–Kier alpha value is -7.72. The SMILES string of the molecule is [C-]#[N+]c1ccc2c(c1)c(-c1ccc(C#N)cc1C)cc1c3cc4c(cc3c(-c3ccc(C#N)cc3C)cc21)-c1ccc(-c2ccc(C(F)(F)F)cc2)c2cccc-4c12. The Balaban J connectivity index is 1.31. The molecular formula is C52H28F3N3. The lowest BCUT2D eigenvalue weighted by Crippen LogP contribution is -2.04. The number of benzene rings is 9. The fraction of sp³-hybridized carbons (Fsp3) is 0.0577. The minimum absolute atomic E-state index is 0.530. The van der Waals surface area contributed by atoms with E-state index in [9.17, 15) is 23.7 Å². The van der Waals surface area contributed by atoms with Crippen LogP contribution in [0.15, 0.2) is 133 Å². The fourth-order valence-electron chi connectivity index (χ4n) is 9.06. The van der Waals surface area contributed by atoms with Gasteiger partial charge in [-0.05, 0) is 190 Å². The van der Waals surface area contributed by atoms with E-state index in [1.807, 2.05) is 86.6 Å². The van der Waals surface area contributed by atoms with Gasteiger partial charge in [0, 0.05) is 0 Å². The van der Waals surface area contributed by atoms with Crippen LogP contribution < -0.4 is 0 Å². The minimum Gasteiger partial charge on any atom is -0.238 e. The predicted molar refractivity (Wildman–Crippen MR) is 227 cm³/mol. The van der Waals surface area contributed by atoms with Crippen molar-refractivity contribution in [1.82, 2.24) is 0 Å². The maximum absolute atomic E-state index is 13.5. The van der Waals surface area contributed by atoms with Gasteiger partial charge in [0.05, 0.1) is 35.4 Å². The molecule has 10 rings (SSSR count). The first-order valence-corrected chi connectivity index (χ1v) is 18.7. The van der Waals surface area contributed by atoms with E-state index in [-0.39, 0.29) is 0 Å². The van der Waals surface area contributed by atoms with Crippen molar-refractivity contribution in [2.24, 2.45) is 0 Å². The Labute approximate surface area is 331 Å². The van der Waals surface area contributed by atoms with Gasteiger partial charge < -0.3 is 0 Å². The quantitative estimate of drug-likeness (QED) is 0.133. The second-order valence-electron chi connectivity index (χ2n) is 15.0. The molecule has 6 heteroatoms. The molecule has 0 radical (unpaired) electrons. The average molecular weight is 752 g/mol. The number of nitrogens with zero attached hydrogens (tertiary/aromatic N) is 3. The molecule has 0 spiro atoms. The molecule has 0 amide bonds. The number of hydrogen-bond donors (Lipinski definition) is 0. The largest absolute Gasteiger partial charge is 0.416 e. The summed E-state index contributed by atoms with van der Waals surface area (Å²) in [5, 5.41) is 27.5. The summed E-state index contributed by atoms with van der Waals surface area (Å²) in [5.41, 5.74) is 12.7. The molecule has 0 N–H and O–H groups in total. The summed E-state index contributed by atoms with van der Waals surface area (Å²) in [6.07, 6.45) is -4.42. The molecule has 9 aromatic rings. The van der Waals surface area contributed by atoms with Crippen molar-refractivity contribution >= 4 is 48.8 Å². The molecule has 0 fully saturated rings. The first-order valence-electron chi connectivity index (χ1n) is 18.7. The molecule has 0 atom stereocenters. The lowest BCUT2D eigenvalue weighted by Gasteiger charge is -2.19. The van der Waals surface area contributed by atoms with Crippen molar-refractivity contribution in [2.75, 3.05) is 0 Å². The number of rotatable bonds is 3. The highest BCUT2D eigenvalue weighted by molar-refractivity contribution is 6.28. The van der Waals surface area contributed by atoms with Crippen LogP contribution in [-0.4, -0.2) is 0 Å². The summed E-state index contributed by atoms with van der Waals surface area (Å²) in [7, 11) is 0. The highest BCUT2D eigenvalue weighted by atomic mass is 19.4. The first-order chi connectivity index (χ1) is 28.1. The van der Waals surface area contributed by atoms with Crippen LogP contribution in [0, 0.1) is 43.1 Å². The van der Waals surface area contributed by atoms with Gasteiger partial charge in [0.1, 0.15) is 0 Å². The summed E-state index contributed by atoms with van der Waals surface area (Å²) in [4.78, 5) is 3.78. The van der Waals surface area contributed by atoms with Crippen LogP contribution in [-0.2, 0) is 6.18 Å². The van der Waals surface area contributed by atoms with Crippen molar-refractivity contribution in [3.05, 3.63) is 173 Å². The van der Waals surface area contributed by atoms with E-state index in [0.717, 1.165) is 116 Å². The van der Waals surface area contributed by atoms with Crippen molar-refractivity contribution in [3.8, 4) is 67.8 Å². The van der Waals surface area contributed by atoms with Crippen molar-refractivity contribution in [2.45, 2.75) is 20.0 Å². The van der Waals surface area contributed by atoms with Crippen LogP contribution in [0.4, 0.5) is 18.9 Å². The van der Waals surface area contributed by atoms with E-state index in [0.29, 0.717) is 22.4 Å². The zero-order valence-electron chi connectivity index (χ0n) is 31.2. The highest BCUT2D eigenvalue weighted by Crippen LogP contribution is 2.53. The second-order valence-corrected chi connectivity index (χ2v) is 15.0. The summed E-state index contributed by atoms with van der Waals surface area (Å²) in [5.74, 6) is 0. The van der Waals surface area contributed by atoms with Crippen LogP contribution in [0.5, 0.6) is 0 Å². The van der Waals surface area contributed by atoms with Gasteiger partial charge in [0.2, 0.25) is 0 Å². The standard InChI is InChI=1S/C52H28F3N3/c1-28-19-30(26-56)7-14-35(28)43-23-49-45(38-16-13-34(58-3)21-42(38)43)22-44(36-15-8-31(27-57)20-29(36)2)48-25-47-41-18-17-37(32-9-11-33(12-10-32)52(53,54)55)39-5-4-6-40(51(39)41)46(47)24-50(48)49/h4-25H,1-2H3. The van der Waals surface area contributed by atoms with Gasteiger partial charge in [0.15, 0.2) is 5.69 Å². The maximum Gasteiger partial charge on any atom is 0.416 e. The fourth-order valence-corrected chi connectivity index (χ4v) is 9.06. The molecule has 0 heterocycles. The molecule has 3 nitrogen and oxygen atoms in total. The molecule has 0 aromatic heterocycles. The van der Waals surface area contributed by atoms with Gasteiger partial charge in [-0.25, -0.2) is 4.85 Å².